The van der Waals surface area contributed by atoms with E-state index in [0.717, 1.165) is 12.8 Å². The smallest absolute Gasteiger partial charge is 0.409 e. The Morgan fingerprint density at radius 2 is 2.00 bits per heavy atom. The van der Waals surface area contributed by atoms with Crippen LogP contribution in [0.25, 0.3) is 0 Å². The van der Waals surface area contributed by atoms with Gasteiger partial charge < -0.3 is 15.4 Å². The maximum atomic E-state index is 11.4. The van der Waals surface area contributed by atoms with Crippen LogP contribution in [-0.4, -0.2) is 36.2 Å². The molecule has 0 saturated carbocycles. The number of nitrogens with zero attached hydrogens (tertiary/aromatic N) is 1. The number of hydrogen-bond acceptors (Lipinski definition) is 3. The molecule has 88 valence electrons. The Labute approximate surface area is 91.8 Å². The number of carbonyl (C=O) groups excluding carboxylic acids is 1. The van der Waals surface area contributed by atoms with Crippen LogP contribution in [0, 0.1) is 5.92 Å². The summed E-state index contributed by atoms with van der Waals surface area (Å²) in [7, 11) is 0. The Bertz CT molecular complexity index is 221. The van der Waals surface area contributed by atoms with Gasteiger partial charge in [-0.2, -0.15) is 0 Å². The molecule has 4 heteroatoms. The zero-order valence-corrected chi connectivity index (χ0v) is 9.95. The SMILES string of the molecule is CCOC(=O)N1CCC(N)(C(C)C)CC1. The molecule has 1 saturated heterocycles. The minimum atomic E-state index is -0.205. The van der Waals surface area contributed by atoms with E-state index in [1.54, 1.807) is 4.90 Å². The van der Waals surface area contributed by atoms with E-state index >= 15 is 0 Å². The highest BCUT2D eigenvalue weighted by Crippen LogP contribution is 2.27. The van der Waals surface area contributed by atoms with Crippen LogP contribution in [0.2, 0.25) is 0 Å². The molecule has 0 atom stereocenters. The van der Waals surface area contributed by atoms with E-state index in [-0.39, 0.29) is 11.6 Å². The van der Waals surface area contributed by atoms with Gasteiger partial charge >= 0.3 is 6.09 Å². The van der Waals surface area contributed by atoms with Crippen LogP contribution in [0.3, 0.4) is 0 Å². The number of ether oxygens (including phenoxy) is 1. The minimum absolute atomic E-state index is 0.108. The normalized spacial score (nSPS) is 20.5. The van der Waals surface area contributed by atoms with E-state index < -0.39 is 0 Å². The molecule has 0 aromatic heterocycles. The molecule has 1 fully saturated rings. The molecule has 0 aromatic carbocycles. The average Bonchev–Trinajstić information content (AvgIpc) is 2.19. The van der Waals surface area contributed by atoms with Gasteiger partial charge in [0.15, 0.2) is 0 Å². The van der Waals surface area contributed by atoms with Crippen LogP contribution in [0.1, 0.15) is 33.6 Å². The van der Waals surface area contributed by atoms with E-state index in [0.29, 0.717) is 25.6 Å². The van der Waals surface area contributed by atoms with Crippen molar-refractivity contribution >= 4 is 6.09 Å². The Morgan fingerprint density at radius 1 is 1.47 bits per heavy atom. The van der Waals surface area contributed by atoms with Crippen molar-refractivity contribution in [3.05, 3.63) is 0 Å². The predicted molar refractivity (Wildman–Crippen MR) is 59.6 cm³/mol. The van der Waals surface area contributed by atoms with Crippen LogP contribution < -0.4 is 5.73 Å². The molecule has 4 nitrogen and oxygen atoms in total. The first-order valence-electron chi connectivity index (χ1n) is 5.70. The fourth-order valence-electron chi connectivity index (χ4n) is 1.90. The summed E-state index contributed by atoms with van der Waals surface area (Å²) in [4.78, 5) is 13.2. The maximum absolute atomic E-state index is 11.4. The van der Waals surface area contributed by atoms with Crippen LogP contribution in [0.5, 0.6) is 0 Å². The van der Waals surface area contributed by atoms with E-state index in [4.69, 9.17) is 10.5 Å². The zero-order chi connectivity index (χ0) is 11.5. The van der Waals surface area contributed by atoms with Gasteiger partial charge in [0.1, 0.15) is 0 Å². The lowest BCUT2D eigenvalue weighted by Gasteiger charge is -2.41. The van der Waals surface area contributed by atoms with Gasteiger partial charge in [-0.25, -0.2) is 4.79 Å². The van der Waals surface area contributed by atoms with Gasteiger partial charge in [-0.1, -0.05) is 13.8 Å². The molecule has 0 spiro atoms. The summed E-state index contributed by atoms with van der Waals surface area (Å²) in [6.07, 6.45) is 1.52. The molecule has 1 heterocycles. The second-order valence-electron chi connectivity index (χ2n) is 4.57. The van der Waals surface area contributed by atoms with Crippen LogP contribution in [0.15, 0.2) is 0 Å². The molecule has 0 unspecified atom stereocenters. The Morgan fingerprint density at radius 3 is 2.40 bits per heavy atom. The van der Waals surface area contributed by atoms with Crippen LogP contribution >= 0.6 is 0 Å². The van der Waals surface area contributed by atoms with Crippen molar-refractivity contribution in [2.24, 2.45) is 11.7 Å². The predicted octanol–water partition coefficient (Wildman–Crippen LogP) is 1.59. The molecule has 0 bridgehead atoms. The molecule has 1 aliphatic heterocycles. The van der Waals surface area contributed by atoms with E-state index in [2.05, 4.69) is 13.8 Å². The van der Waals surface area contributed by atoms with E-state index in [1.807, 2.05) is 6.92 Å². The molecule has 0 aliphatic carbocycles. The standard InChI is InChI=1S/C11H22N2O2/c1-4-15-10(14)13-7-5-11(12,6-8-13)9(2)3/h9H,4-8,12H2,1-3H3. The Kier molecular flexibility index (Phi) is 3.97. The minimum Gasteiger partial charge on any atom is -0.450 e. The summed E-state index contributed by atoms with van der Waals surface area (Å²) in [6.45, 7) is 7.97. The van der Waals surface area contributed by atoms with Crippen molar-refractivity contribution < 1.29 is 9.53 Å². The molecule has 1 aliphatic rings. The molecule has 15 heavy (non-hydrogen) atoms. The van der Waals surface area contributed by atoms with E-state index in [9.17, 15) is 4.79 Å². The van der Waals surface area contributed by atoms with Crippen LogP contribution in [-0.2, 0) is 4.74 Å². The molecule has 0 radical (unpaired) electrons. The molecular formula is C11H22N2O2. The average molecular weight is 214 g/mol. The van der Waals surface area contributed by atoms with Crippen molar-refractivity contribution in [3.63, 3.8) is 0 Å². The molecule has 2 N–H and O–H groups in total. The number of rotatable bonds is 2. The number of likely N-dealkylation sites (tertiary alicyclic amines) is 1. The summed E-state index contributed by atoms with van der Waals surface area (Å²) < 4.78 is 4.96. The van der Waals surface area contributed by atoms with Crippen molar-refractivity contribution in [1.29, 1.82) is 0 Å². The summed E-state index contributed by atoms with van der Waals surface area (Å²) in [6, 6.07) is 0. The highest BCUT2D eigenvalue weighted by Gasteiger charge is 2.35. The van der Waals surface area contributed by atoms with Gasteiger partial charge in [0, 0.05) is 18.6 Å². The summed E-state index contributed by atoms with van der Waals surface area (Å²) in [5.41, 5.74) is 6.15. The lowest BCUT2D eigenvalue weighted by Crippen LogP contribution is -2.54. The molecule has 1 rings (SSSR count). The lowest BCUT2D eigenvalue weighted by atomic mass is 9.79. The van der Waals surface area contributed by atoms with Gasteiger partial charge in [0.05, 0.1) is 6.61 Å². The lowest BCUT2D eigenvalue weighted by molar-refractivity contribution is 0.0791. The highest BCUT2D eigenvalue weighted by molar-refractivity contribution is 5.67. The summed E-state index contributed by atoms with van der Waals surface area (Å²) in [5, 5.41) is 0. The first-order chi connectivity index (χ1) is 6.99. The summed E-state index contributed by atoms with van der Waals surface area (Å²) in [5.74, 6) is 0.460. The molecule has 1 amide bonds. The Hall–Kier alpha value is -0.770. The van der Waals surface area contributed by atoms with Gasteiger partial charge in [-0.3, -0.25) is 0 Å². The second-order valence-corrected chi connectivity index (χ2v) is 4.57. The Balaban J connectivity index is 2.45. The maximum Gasteiger partial charge on any atom is 0.409 e. The zero-order valence-electron chi connectivity index (χ0n) is 9.95. The second kappa shape index (κ2) is 4.84. The fraction of sp³-hybridized carbons (Fsp3) is 0.909. The van der Waals surface area contributed by atoms with Crippen molar-refractivity contribution in [2.75, 3.05) is 19.7 Å². The van der Waals surface area contributed by atoms with Crippen molar-refractivity contribution in [2.45, 2.75) is 39.2 Å². The first kappa shape index (κ1) is 12.3. The van der Waals surface area contributed by atoms with E-state index in [1.165, 1.54) is 0 Å². The number of hydrogen-bond donors (Lipinski definition) is 1. The molecular weight excluding hydrogens is 192 g/mol. The monoisotopic (exact) mass is 214 g/mol. The van der Waals surface area contributed by atoms with Gasteiger partial charge in [-0.05, 0) is 25.7 Å². The highest BCUT2D eigenvalue weighted by atomic mass is 16.6. The number of amides is 1. The quantitative estimate of drug-likeness (QED) is 0.759. The summed E-state index contributed by atoms with van der Waals surface area (Å²) >= 11 is 0. The number of nitrogens with two attached hydrogens (primary N) is 1. The topological polar surface area (TPSA) is 55.6 Å². The fourth-order valence-corrected chi connectivity index (χ4v) is 1.90. The van der Waals surface area contributed by atoms with Gasteiger partial charge in [0.25, 0.3) is 0 Å². The number of carbonyl (C=O) groups is 1. The molecule has 0 aromatic rings. The largest absolute Gasteiger partial charge is 0.450 e. The third kappa shape index (κ3) is 2.84. The van der Waals surface area contributed by atoms with Crippen molar-refractivity contribution in [3.8, 4) is 0 Å². The van der Waals surface area contributed by atoms with Gasteiger partial charge in [-0.15, -0.1) is 0 Å². The third-order valence-electron chi connectivity index (χ3n) is 3.37. The third-order valence-corrected chi connectivity index (χ3v) is 3.37. The van der Waals surface area contributed by atoms with Crippen molar-refractivity contribution in [1.82, 2.24) is 4.90 Å². The number of piperidine rings is 1. The van der Waals surface area contributed by atoms with Crippen LogP contribution in [0.4, 0.5) is 4.79 Å². The van der Waals surface area contributed by atoms with Gasteiger partial charge in [0.2, 0.25) is 0 Å². The first-order valence-corrected chi connectivity index (χ1v) is 5.70.